The lowest BCUT2D eigenvalue weighted by molar-refractivity contribution is -0.0337. The first-order valence-corrected chi connectivity index (χ1v) is 8.05. The molecule has 0 aliphatic carbocycles. The van der Waals surface area contributed by atoms with Crippen LogP contribution in [-0.4, -0.2) is 53.1 Å². The van der Waals surface area contributed by atoms with E-state index >= 15 is 0 Å². The second kappa shape index (κ2) is 7.02. The molecule has 2 heterocycles. The third-order valence-corrected chi connectivity index (χ3v) is 4.55. The molecule has 1 aromatic rings. The van der Waals surface area contributed by atoms with Crippen LogP contribution in [0.2, 0.25) is 0 Å². The van der Waals surface area contributed by atoms with Crippen molar-refractivity contribution in [3.63, 3.8) is 0 Å². The lowest BCUT2D eigenvalue weighted by Gasteiger charge is -2.38. The van der Waals surface area contributed by atoms with Crippen LogP contribution < -0.4 is 0 Å². The molecule has 0 saturated carbocycles. The highest BCUT2D eigenvalue weighted by Crippen LogP contribution is 2.36. The summed E-state index contributed by atoms with van der Waals surface area (Å²) in [5.41, 5.74) is 0.110. The Balaban J connectivity index is 2.12. The summed E-state index contributed by atoms with van der Waals surface area (Å²) < 4.78 is 7.87. The molecule has 0 aromatic carbocycles. The van der Waals surface area contributed by atoms with Crippen LogP contribution in [0, 0.1) is 0 Å². The van der Waals surface area contributed by atoms with E-state index < -0.39 is 5.60 Å². The van der Waals surface area contributed by atoms with Crippen molar-refractivity contribution in [2.45, 2.75) is 38.3 Å². The van der Waals surface area contributed by atoms with Gasteiger partial charge in [0.25, 0.3) is 0 Å². The highest BCUT2D eigenvalue weighted by atomic mass is 79.9. The third kappa shape index (κ3) is 3.42. The topological polar surface area (TPSA) is 50.5 Å². The van der Waals surface area contributed by atoms with Gasteiger partial charge in [-0.25, -0.2) is 0 Å². The van der Waals surface area contributed by atoms with E-state index in [2.05, 4.69) is 32.9 Å². The van der Waals surface area contributed by atoms with E-state index in [1.165, 1.54) is 0 Å². The summed E-state index contributed by atoms with van der Waals surface area (Å²) >= 11 is 3.53. The number of piperidine rings is 1. The molecule has 0 amide bonds. The molecular formula is C14H24BrN3O2. The van der Waals surface area contributed by atoms with Crippen LogP contribution in [0.3, 0.4) is 0 Å². The van der Waals surface area contributed by atoms with Gasteiger partial charge in [-0.05, 0) is 41.7 Å². The quantitative estimate of drug-likeness (QED) is 0.856. The lowest BCUT2D eigenvalue weighted by atomic mass is 9.88. The number of likely N-dealkylation sites (tertiary alicyclic amines) is 1. The normalized spacial score (nSPS) is 19.4. The monoisotopic (exact) mass is 345 g/mol. The van der Waals surface area contributed by atoms with Gasteiger partial charge in [-0.1, -0.05) is 6.92 Å². The van der Waals surface area contributed by atoms with Crippen LogP contribution in [0.25, 0.3) is 0 Å². The van der Waals surface area contributed by atoms with Gasteiger partial charge >= 0.3 is 0 Å². The van der Waals surface area contributed by atoms with Crippen LogP contribution in [0.15, 0.2) is 10.7 Å². The SMILES string of the molecule is CCCN1CCC(O)(c2c(Br)cnn2CCOC)CC1. The summed E-state index contributed by atoms with van der Waals surface area (Å²) in [6.07, 6.45) is 4.43. The Kier molecular flexibility index (Phi) is 5.60. The van der Waals surface area contributed by atoms with Crippen molar-refractivity contribution in [2.24, 2.45) is 0 Å². The van der Waals surface area contributed by atoms with Crippen molar-refractivity contribution >= 4 is 15.9 Å². The average molecular weight is 346 g/mol. The van der Waals surface area contributed by atoms with Gasteiger partial charge in [-0.15, -0.1) is 0 Å². The molecule has 6 heteroatoms. The minimum Gasteiger partial charge on any atom is -0.383 e. The summed E-state index contributed by atoms with van der Waals surface area (Å²) in [6, 6.07) is 0. The number of nitrogens with zero attached hydrogens (tertiary/aromatic N) is 3. The highest BCUT2D eigenvalue weighted by Gasteiger charge is 2.38. The van der Waals surface area contributed by atoms with Gasteiger partial charge < -0.3 is 14.7 Å². The summed E-state index contributed by atoms with van der Waals surface area (Å²) in [4.78, 5) is 2.41. The molecule has 1 saturated heterocycles. The van der Waals surface area contributed by atoms with E-state index in [1.807, 2.05) is 4.68 Å². The summed E-state index contributed by atoms with van der Waals surface area (Å²) in [6.45, 7) is 6.44. The molecule has 2 rings (SSSR count). The first kappa shape index (κ1) is 15.9. The first-order chi connectivity index (χ1) is 9.60. The summed E-state index contributed by atoms with van der Waals surface area (Å²) in [7, 11) is 1.68. The summed E-state index contributed by atoms with van der Waals surface area (Å²) in [5, 5.41) is 15.4. The van der Waals surface area contributed by atoms with Crippen molar-refractivity contribution in [2.75, 3.05) is 33.4 Å². The number of rotatable bonds is 6. The highest BCUT2D eigenvalue weighted by molar-refractivity contribution is 9.10. The molecule has 1 aliphatic heterocycles. The van der Waals surface area contributed by atoms with Gasteiger partial charge in [0.2, 0.25) is 0 Å². The Hall–Kier alpha value is -0.430. The maximum atomic E-state index is 11.0. The maximum Gasteiger partial charge on any atom is 0.110 e. The van der Waals surface area contributed by atoms with Crippen molar-refractivity contribution < 1.29 is 9.84 Å². The lowest BCUT2D eigenvalue weighted by Crippen LogP contribution is -2.44. The van der Waals surface area contributed by atoms with E-state index in [1.54, 1.807) is 13.3 Å². The zero-order chi connectivity index (χ0) is 14.6. The smallest absolute Gasteiger partial charge is 0.110 e. The van der Waals surface area contributed by atoms with Gasteiger partial charge in [-0.2, -0.15) is 5.10 Å². The van der Waals surface area contributed by atoms with Crippen molar-refractivity contribution in [3.8, 4) is 0 Å². The van der Waals surface area contributed by atoms with E-state index in [0.29, 0.717) is 13.2 Å². The second-order valence-electron chi connectivity index (χ2n) is 5.43. The van der Waals surface area contributed by atoms with E-state index in [4.69, 9.17) is 4.74 Å². The number of methoxy groups -OCH3 is 1. The fraction of sp³-hybridized carbons (Fsp3) is 0.786. The van der Waals surface area contributed by atoms with Gasteiger partial charge in [0, 0.05) is 20.2 Å². The Morgan fingerprint density at radius 1 is 1.40 bits per heavy atom. The number of hydrogen-bond donors (Lipinski definition) is 1. The standard InChI is InChI=1S/C14H24BrN3O2/c1-3-6-17-7-4-14(19,5-8-17)13-12(15)11-16-18(13)9-10-20-2/h11,19H,3-10H2,1-2H3. The fourth-order valence-corrected chi connectivity index (χ4v) is 3.54. The molecule has 0 unspecified atom stereocenters. The molecule has 0 atom stereocenters. The molecule has 0 radical (unpaired) electrons. The minimum absolute atomic E-state index is 0.596. The largest absolute Gasteiger partial charge is 0.383 e. The number of hydrogen-bond acceptors (Lipinski definition) is 4. The second-order valence-corrected chi connectivity index (χ2v) is 6.28. The minimum atomic E-state index is -0.784. The molecule has 0 bridgehead atoms. The molecule has 5 nitrogen and oxygen atoms in total. The molecule has 1 aliphatic rings. The van der Waals surface area contributed by atoms with Crippen LogP contribution >= 0.6 is 15.9 Å². The van der Waals surface area contributed by atoms with E-state index in [0.717, 1.165) is 49.1 Å². The van der Waals surface area contributed by atoms with Gasteiger partial charge in [0.15, 0.2) is 0 Å². The van der Waals surface area contributed by atoms with E-state index in [9.17, 15) is 5.11 Å². The zero-order valence-corrected chi connectivity index (χ0v) is 13.9. The van der Waals surface area contributed by atoms with Gasteiger partial charge in [-0.3, -0.25) is 4.68 Å². The van der Waals surface area contributed by atoms with Crippen LogP contribution in [-0.2, 0) is 16.9 Å². The van der Waals surface area contributed by atoms with Crippen molar-refractivity contribution in [1.82, 2.24) is 14.7 Å². The van der Waals surface area contributed by atoms with Crippen molar-refractivity contribution in [3.05, 3.63) is 16.4 Å². The molecule has 1 N–H and O–H groups in total. The molecule has 0 spiro atoms. The maximum absolute atomic E-state index is 11.0. The number of halogens is 1. The van der Waals surface area contributed by atoms with Gasteiger partial charge in [0.05, 0.1) is 29.5 Å². The molecule has 1 aromatic heterocycles. The van der Waals surface area contributed by atoms with Gasteiger partial charge in [0.1, 0.15) is 5.60 Å². The predicted molar refractivity (Wildman–Crippen MR) is 81.7 cm³/mol. The molecule has 114 valence electrons. The number of aromatic nitrogens is 2. The fourth-order valence-electron chi connectivity index (χ4n) is 2.87. The van der Waals surface area contributed by atoms with Crippen LogP contribution in [0.1, 0.15) is 31.9 Å². The zero-order valence-electron chi connectivity index (χ0n) is 12.3. The molecular weight excluding hydrogens is 322 g/mol. The summed E-state index contributed by atoms with van der Waals surface area (Å²) in [5.74, 6) is 0. The number of ether oxygens (including phenoxy) is 1. The first-order valence-electron chi connectivity index (χ1n) is 7.26. The Morgan fingerprint density at radius 3 is 2.70 bits per heavy atom. The Labute approximate surface area is 129 Å². The number of aliphatic hydroxyl groups is 1. The average Bonchev–Trinajstić information content (AvgIpc) is 2.81. The van der Waals surface area contributed by atoms with Crippen molar-refractivity contribution in [1.29, 1.82) is 0 Å². The Bertz CT molecular complexity index is 428. The molecule has 1 fully saturated rings. The third-order valence-electron chi connectivity index (χ3n) is 3.97. The van der Waals surface area contributed by atoms with Crippen LogP contribution in [0.4, 0.5) is 0 Å². The molecule has 20 heavy (non-hydrogen) atoms. The van der Waals surface area contributed by atoms with E-state index in [-0.39, 0.29) is 0 Å². The van der Waals surface area contributed by atoms with Crippen LogP contribution in [0.5, 0.6) is 0 Å². The Morgan fingerprint density at radius 2 is 2.10 bits per heavy atom. The predicted octanol–water partition coefficient (Wildman–Crippen LogP) is 1.99.